The van der Waals surface area contributed by atoms with Crippen molar-refractivity contribution in [3.05, 3.63) is 59.7 Å². The third-order valence-corrected chi connectivity index (χ3v) is 3.66. The van der Waals surface area contributed by atoms with Crippen LogP contribution in [-0.2, 0) is 0 Å². The summed E-state index contributed by atoms with van der Waals surface area (Å²) in [5, 5.41) is 5.70. The summed E-state index contributed by atoms with van der Waals surface area (Å²) in [6.07, 6.45) is 0. The molecule has 2 rings (SSSR count). The third-order valence-electron chi connectivity index (χ3n) is 3.46. The highest BCUT2D eigenvalue weighted by atomic mass is 32.1. The van der Waals surface area contributed by atoms with Gasteiger partial charge in [-0.15, -0.1) is 0 Å². The van der Waals surface area contributed by atoms with Crippen LogP contribution in [0.4, 0.5) is 5.69 Å². The maximum atomic E-state index is 12.5. The Hall–Kier alpha value is -2.73. The molecule has 0 radical (unpaired) electrons. The molecule has 0 saturated heterocycles. The fourth-order valence-corrected chi connectivity index (χ4v) is 2.40. The van der Waals surface area contributed by atoms with E-state index in [-0.39, 0.29) is 16.8 Å². The molecule has 6 heteroatoms. The molecule has 1 amide bonds. The summed E-state index contributed by atoms with van der Waals surface area (Å²) >= 11 is 5.20. The first-order valence-electron chi connectivity index (χ1n) is 8.32. The van der Waals surface area contributed by atoms with Crippen LogP contribution in [-0.4, -0.2) is 23.4 Å². The molecule has 0 aliphatic heterocycles. The van der Waals surface area contributed by atoms with Crippen LogP contribution in [0.5, 0.6) is 5.75 Å². The van der Waals surface area contributed by atoms with Crippen molar-refractivity contribution in [3.8, 4) is 5.75 Å². The number of amides is 1. The van der Waals surface area contributed by atoms with Crippen LogP contribution in [0.1, 0.15) is 41.5 Å². The van der Waals surface area contributed by atoms with Crippen molar-refractivity contribution in [1.82, 2.24) is 5.32 Å². The smallest absolute Gasteiger partial charge is 0.261 e. The van der Waals surface area contributed by atoms with Crippen molar-refractivity contribution in [1.29, 1.82) is 0 Å². The molecule has 0 aliphatic rings. The number of carbonyl (C=O) groups is 2. The van der Waals surface area contributed by atoms with Gasteiger partial charge >= 0.3 is 0 Å². The summed E-state index contributed by atoms with van der Waals surface area (Å²) < 4.78 is 5.70. The van der Waals surface area contributed by atoms with Crippen LogP contribution in [0.15, 0.2) is 48.5 Å². The first-order valence-corrected chi connectivity index (χ1v) is 8.73. The fourth-order valence-electron chi connectivity index (χ4n) is 2.19. The molecule has 0 unspecified atom stereocenters. The molecule has 0 saturated carbocycles. The molecule has 0 atom stereocenters. The molecule has 136 valence electrons. The van der Waals surface area contributed by atoms with E-state index in [0.29, 0.717) is 35.1 Å². The van der Waals surface area contributed by atoms with Gasteiger partial charge in [-0.1, -0.05) is 38.1 Å². The molecule has 0 spiro atoms. The summed E-state index contributed by atoms with van der Waals surface area (Å²) in [5.41, 5.74) is 1.61. The van der Waals surface area contributed by atoms with Crippen molar-refractivity contribution in [3.63, 3.8) is 0 Å². The van der Waals surface area contributed by atoms with Crippen LogP contribution >= 0.6 is 12.2 Å². The van der Waals surface area contributed by atoms with Crippen LogP contribution in [0.25, 0.3) is 0 Å². The highest BCUT2D eigenvalue weighted by molar-refractivity contribution is 7.80. The minimum Gasteiger partial charge on any atom is -0.492 e. The van der Waals surface area contributed by atoms with Gasteiger partial charge in [-0.05, 0) is 49.3 Å². The predicted octanol–water partition coefficient (Wildman–Crippen LogP) is 4.05. The molecule has 2 aromatic rings. The van der Waals surface area contributed by atoms with E-state index in [1.165, 1.54) is 6.92 Å². The Morgan fingerprint density at radius 3 is 2.54 bits per heavy atom. The molecule has 0 heterocycles. The van der Waals surface area contributed by atoms with Gasteiger partial charge in [0.2, 0.25) is 0 Å². The maximum Gasteiger partial charge on any atom is 0.261 e. The number of ether oxygens (including phenoxy) is 1. The summed E-state index contributed by atoms with van der Waals surface area (Å²) in [4.78, 5) is 24.0. The van der Waals surface area contributed by atoms with E-state index >= 15 is 0 Å². The minimum absolute atomic E-state index is 0.0418. The lowest BCUT2D eigenvalue weighted by molar-refractivity contribution is 0.0971. The standard InChI is InChI=1S/C20H22N2O3S/c1-13(2)12-25-18-10-5-4-9-17(18)19(24)22-20(26)21-16-8-6-7-15(11-16)14(3)23/h4-11,13H,12H2,1-3H3,(H2,21,22,24,26). The lowest BCUT2D eigenvalue weighted by atomic mass is 10.1. The molecular weight excluding hydrogens is 348 g/mol. The van der Waals surface area contributed by atoms with E-state index in [4.69, 9.17) is 17.0 Å². The lowest BCUT2D eigenvalue weighted by Gasteiger charge is -2.14. The van der Waals surface area contributed by atoms with E-state index < -0.39 is 0 Å². The molecule has 0 bridgehead atoms. The SMILES string of the molecule is CC(=O)c1cccc(NC(=S)NC(=O)c2ccccc2OCC(C)C)c1. The van der Waals surface area contributed by atoms with E-state index in [0.717, 1.165) is 0 Å². The van der Waals surface area contributed by atoms with Crippen molar-refractivity contribution >= 4 is 34.7 Å². The number of rotatable bonds is 6. The average molecular weight is 370 g/mol. The van der Waals surface area contributed by atoms with Crippen molar-refractivity contribution in [2.24, 2.45) is 5.92 Å². The van der Waals surface area contributed by atoms with Crippen molar-refractivity contribution in [2.75, 3.05) is 11.9 Å². The Morgan fingerprint density at radius 2 is 1.85 bits per heavy atom. The minimum atomic E-state index is -0.357. The third kappa shape index (κ3) is 5.67. The largest absolute Gasteiger partial charge is 0.492 e. The number of Topliss-reactive ketones (excluding diaryl/α,β-unsaturated/α-hetero) is 1. The van der Waals surface area contributed by atoms with Crippen LogP contribution in [0.3, 0.4) is 0 Å². The van der Waals surface area contributed by atoms with Gasteiger partial charge in [0.1, 0.15) is 5.75 Å². The van der Waals surface area contributed by atoms with Crippen LogP contribution in [0.2, 0.25) is 0 Å². The zero-order chi connectivity index (χ0) is 19.1. The molecule has 2 aromatic carbocycles. The summed E-state index contributed by atoms with van der Waals surface area (Å²) in [5.74, 6) is 0.465. The zero-order valence-corrected chi connectivity index (χ0v) is 15.9. The monoisotopic (exact) mass is 370 g/mol. The number of nitrogens with one attached hydrogen (secondary N) is 2. The topological polar surface area (TPSA) is 67.4 Å². The Morgan fingerprint density at radius 1 is 1.12 bits per heavy atom. The number of para-hydroxylation sites is 1. The molecule has 0 aliphatic carbocycles. The first kappa shape index (κ1) is 19.6. The average Bonchev–Trinajstić information content (AvgIpc) is 2.60. The predicted molar refractivity (Wildman–Crippen MR) is 107 cm³/mol. The van der Waals surface area contributed by atoms with E-state index in [2.05, 4.69) is 10.6 Å². The van der Waals surface area contributed by atoms with Gasteiger partial charge in [-0.3, -0.25) is 14.9 Å². The van der Waals surface area contributed by atoms with Gasteiger partial charge in [0, 0.05) is 11.3 Å². The number of carbonyl (C=O) groups excluding carboxylic acids is 2. The van der Waals surface area contributed by atoms with E-state index in [9.17, 15) is 9.59 Å². The highest BCUT2D eigenvalue weighted by Gasteiger charge is 2.14. The van der Waals surface area contributed by atoms with Gasteiger partial charge < -0.3 is 10.1 Å². The lowest BCUT2D eigenvalue weighted by Crippen LogP contribution is -2.34. The fraction of sp³-hybridized carbons (Fsp3) is 0.250. The number of ketones is 1. The van der Waals surface area contributed by atoms with Crippen LogP contribution in [0, 0.1) is 5.92 Å². The number of thiocarbonyl (C=S) groups is 1. The zero-order valence-electron chi connectivity index (χ0n) is 15.0. The van der Waals surface area contributed by atoms with Gasteiger partial charge in [0.15, 0.2) is 10.9 Å². The summed E-state index contributed by atoms with van der Waals surface area (Å²) in [7, 11) is 0. The van der Waals surface area contributed by atoms with Crippen molar-refractivity contribution in [2.45, 2.75) is 20.8 Å². The molecule has 5 nitrogen and oxygen atoms in total. The summed E-state index contributed by atoms with van der Waals surface area (Å²) in [6.45, 7) is 6.09. The summed E-state index contributed by atoms with van der Waals surface area (Å²) in [6, 6.07) is 13.9. The molecule has 2 N–H and O–H groups in total. The normalized spacial score (nSPS) is 10.3. The molecule has 26 heavy (non-hydrogen) atoms. The van der Waals surface area contributed by atoms with Crippen LogP contribution < -0.4 is 15.4 Å². The highest BCUT2D eigenvalue weighted by Crippen LogP contribution is 2.19. The first-order chi connectivity index (χ1) is 12.4. The van der Waals surface area contributed by atoms with Crippen molar-refractivity contribution < 1.29 is 14.3 Å². The second-order valence-corrected chi connectivity index (χ2v) is 6.65. The van der Waals surface area contributed by atoms with E-state index in [1.807, 2.05) is 19.9 Å². The number of benzene rings is 2. The van der Waals surface area contributed by atoms with E-state index in [1.54, 1.807) is 42.5 Å². The molecule has 0 aromatic heterocycles. The number of anilines is 1. The number of hydrogen-bond acceptors (Lipinski definition) is 4. The van der Waals surface area contributed by atoms with Gasteiger partial charge in [0.25, 0.3) is 5.91 Å². The number of hydrogen-bond donors (Lipinski definition) is 2. The Bertz CT molecular complexity index is 818. The van der Waals surface area contributed by atoms with Gasteiger partial charge in [0.05, 0.1) is 12.2 Å². The van der Waals surface area contributed by atoms with Gasteiger partial charge in [-0.2, -0.15) is 0 Å². The second-order valence-electron chi connectivity index (χ2n) is 6.25. The van der Waals surface area contributed by atoms with Gasteiger partial charge in [-0.25, -0.2) is 0 Å². The maximum absolute atomic E-state index is 12.5. The Labute approximate surface area is 158 Å². The molecule has 0 fully saturated rings. The Balaban J connectivity index is 2.04. The second kappa shape index (κ2) is 9.10. The molecular formula is C20H22N2O3S. The Kier molecular flexibility index (Phi) is 6.86. The quantitative estimate of drug-likeness (QED) is 0.593.